The van der Waals surface area contributed by atoms with Gasteiger partial charge in [0.25, 0.3) is 11.8 Å². The van der Waals surface area contributed by atoms with E-state index in [1.165, 1.54) is 27.9 Å². The molecule has 40 heavy (non-hydrogen) atoms. The molecule has 0 radical (unpaired) electrons. The second-order valence-corrected chi connectivity index (χ2v) is 10.6. The van der Waals surface area contributed by atoms with Gasteiger partial charge in [0.2, 0.25) is 5.60 Å². The molecular formula is C26H24Cl2F3N5O4. The van der Waals surface area contributed by atoms with Crippen molar-refractivity contribution in [3.8, 4) is 0 Å². The SMILES string of the molecule is NC1CC(n2cc(N3CCC(O)(C(=O)NCc4cc(Cl)cc(Cl)c4F)C3=O)cn2)COC1c1cc(F)ccc1F. The molecule has 9 nitrogen and oxygen atoms in total. The number of ether oxygens (including phenoxy) is 1. The van der Waals surface area contributed by atoms with Crippen molar-refractivity contribution in [1.82, 2.24) is 15.1 Å². The van der Waals surface area contributed by atoms with Crippen LogP contribution in [0.1, 0.15) is 36.1 Å². The first-order valence-corrected chi connectivity index (χ1v) is 13.1. The number of aromatic nitrogens is 2. The average Bonchev–Trinajstić information content (AvgIpc) is 3.52. The number of aliphatic hydroxyl groups is 1. The van der Waals surface area contributed by atoms with E-state index in [-0.39, 0.29) is 53.3 Å². The molecule has 0 saturated carbocycles. The number of anilines is 1. The van der Waals surface area contributed by atoms with Gasteiger partial charge in [0.1, 0.15) is 23.6 Å². The molecule has 2 fully saturated rings. The number of amides is 2. The number of hydrogen-bond donors (Lipinski definition) is 3. The summed E-state index contributed by atoms with van der Waals surface area (Å²) in [7, 11) is 0. The number of nitrogens with one attached hydrogen (secondary N) is 1. The third-order valence-corrected chi connectivity index (χ3v) is 7.61. The molecule has 2 aliphatic heterocycles. The highest BCUT2D eigenvalue weighted by Crippen LogP contribution is 2.35. The summed E-state index contributed by atoms with van der Waals surface area (Å²) in [6.45, 7) is -0.228. The molecule has 0 bridgehead atoms. The molecule has 2 amide bonds. The van der Waals surface area contributed by atoms with Gasteiger partial charge in [-0.05, 0) is 36.8 Å². The zero-order chi connectivity index (χ0) is 28.8. The number of nitrogens with zero attached hydrogens (tertiary/aromatic N) is 3. The zero-order valence-corrected chi connectivity index (χ0v) is 22.3. The van der Waals surface area contributed by atoms with E-state index in [0.717, 1.165) is 18.2 Å². The van der Waals surface area contributed by atoms with Crippen LogP contribution < -0.4 is 16.0 Å². The molecule has 1 aromatic heterocycles. The van der Waals surface area contributed by atoms with Crippen LogP contribution in [-0.2, 0) is 20.9 Å². The van der Waals surface area contributed by atoms with Gasteiger partial charge in [-0.1, -0.05) is 23.2 Å². The van der Waals surface area contributed by atoms with Crippen molar-refractivity contribution in [3.63, 3.8) is 0 Å². The van der Waals surface area contributed by atoms with Crippen LogP contribution in [0.15, 0.2) is 42.7 Å². The summed E-state index contributed by atoms with van der Waals surface area (Å²) >= 11 is 11.7. The lowest BCUT2D eigenvalue weighted by Gasteiger charge is -2.34. The van der Waals surface area contributed by atoms with Crippen LogP contribution in [0.2, 0.25) is 10.0 Å². The maximum atomic E-state index is 14.2. The Morgan fingerprint density at radius 3 is 2.77 bits per heavy atom. The van der Waals surface area contributed by atoms with Gasteiger partial charge >= 0.3 is 0 Å². The van der Waals surface area contributed by atoms with Crippen LogP contribution in [0, 0.1) is 17.5 Å². The van der Waals surface area contributed by atoms with E-state index in [1.54, 1.807) is 6.20 Å². The molecule has 5 rings (SSSR count). The fraction of sp³-hybridized carbons (Fsp3) is 0.346. The Morgan fingerprint density at radius 2 is 2.02 bits per heavy atom. The number of benzene rings is 2. The number of rotatable bonds is 6. The molecule has 0 spiro atoms. The van der Waals surface area contributed by atoms with Gasteiger partial charge in [0.15, 0.2) is 0 Å². The van der Waals surface area contributed by atoms with Crippen LogP contribution in [0.3, 0.4) is 0 Å². The first kappa shape index (κ1) is 28.4. The number of nitrogens with two attached hydrogens (primary N) is 1. The van der Waals surface area contributed by atoms with Gasteiger partial charge in [-0.2, -0.15) is 5.10 Å². The fourth-order valence-electron chi connectivity index (χ4n) is 4.97. The largest absolute Gasteiger partial charge is 0.372 e. The first-order chi connectivity index (χ1) is 19.0. The quantitative estimate of drug-likeness (QED) is 0.295. The molecule has 3 aromatic rings. The van der Waals surface area contributed by atoms with E-state index in [4.69, 9.17) is 33.7 Å². The summed E-state index contributed by atoms with van der Waals surface area (Å²) in [5.74, 6) is -3.86. The predicted molar refractivity (Wildman–Crippen MR) is 139 cm³/mol. The molecule has 212 valence electrons. The van der Waals surface area contributed by atoms with Crippen molar-refractivity contribution < 1.29 is 32.6 Å². The highest BCUT2D eigenvalue weighted by Gasteiger charge is 2.52. The zero-order valence-electron chi connectivity index (χ0n) is 20.8. The van der Waals surface area contributed by atoms with Crippen LogP contribution in [0.4, 0.5) is 18.9 Å². The minimum absolute atomic E-state index is 0.00619. The Balaban J connectivity index is 1.23. The fourth-order valence-corrected chi connectivity index (χ4v) is 5.51. The summed E-state index contributed by atoms with van der Waals surface area (Å²) in [5.41, 5.74) is 4.22. The summed E-state index contributed by atoms with van der Waals surface area (Å²) in [5, 5.41) is 17.5. The van der Waals surface area contributed by atoms with E-state index in [2.05, 4.69) is 10.4 Å². The lowest BCUT2D eigenvalue weighted by Crippen LogP contribution is -2.52. The minimum Gasteiger partial charge on any atom is -0.372 e. The maximum Gasteiger partial charge on any atom is 0.268 e. The van der Waals surface area contributed by atoms with Gasteiger partial charge in [-0.15, -0.1) is 0 Å². The van der Waals surface area contributed by atoms with Crippen LogP contribution >= 0.6 is 23.2 Å². The number of carbonyl (C=O) groups is 2. The van der Waals surface area contributed by atoms with E-state index >= 15 is 0 Å². The normalized spacial score (nSPS) is 24.9. The Kier molecular flexibility index (Phi) is 7.81. The van der Waals surface area contributed by atoms with Gasteiger partial charge in [0, 0.05) is 47.9 Å². The predicted octanol–water partition coefficient (Wildman–Crippen LogP) is 3.42. The number of hydrogen-bond acceptors (Lipinski definition) is 6. The highest BCUT2D eigenvalue weighted by molar-refractivity contribution is 6.34. The maximum absolute atomic E-state index is 14.2. The third-order valence-electron chi connectivity index (χ3n) is 7.12. The van der Waals surface area contributed by atoms with Crippen molar-refractivity contribution >= 4 is 40.7 Å². The molecular weight excluding hydrogens is 574 g/mol. The highest BCUT2D eigenvalue weighted by atomic mass is 35.5. The molecule has 4 atom stereocenters. The van der Waals surface area contributed by atoms with E-state index in [0.29, 0.717) is 12.1 Å². The van der Waals surface area contributed by atoms with E-state index in [9.17, 15) is 27.9 Å². The van der Waals surface area contributed by atoms with Crippen molar-refractivity contribution in [1.29, 1.82) is 0 Å². The van der Waals surface area contributed by atoms with Gasteiger partial charge < -0.3 is 25.8 Å². The molecule has 0 aliphatic carbocycles. The van der Waals surface area contributed by atoms with Crippen molar-refractivity contribution in [2.45, 2.75) is 43.2 Å². The monoisotopic (exact) mass is 597 g/mol. The minimum atomic E-state index is -2.38. The van der Waals surface area contributed by atoms with E-state index in [1.807, 2.05) is 0 Å². The summed E-state index contributed by atoms with van der Waals surface area (Å²) in [6, 6.07) is 4.56. The molecule has 3 heterocycles. The van der Waals surface area contributed by atoms with Crippen LogP contribution in [-0.4, -0.2) is 51.5 Å². The lowest BCUT2D eigenvalue weighted by atomic mass is 9.94. The van der Waals surface area contributed by atoms with Crippen LogP contribution in [0.5, 0.6) is 0 Å². The standard InChI is InChI=1S/C26H24Cl2F3N5O4/c27-14-5-13(22(31)19(28)6-14)9-33-24(37)26(39)3-4-35(25(26)38)17-10-34-36(11-17)16-8-21(32)23(40-12-16)18-7-15(29)1-2-20(18)30/h1-2,5-7,10-11,16,21,23,39H,3-4,8-9,12,32H2,(H,33,37). The summed E-state index contributed by atoms with van der Waals surface area (Å²) < 4.78 is 49.4. The number of halogens is 5. The Hall–Kier alpha value is -3.16. The number of carbonyl (C=O) groups excluding carboxylic acids is 2. The molecule has 2 saturated heterocycles. The molecule has 4 N–H and O–H groups in total. The van der Waals surface area contributed by atoms with Gasteiger partial charge in [-0.25, -0.2) is 13.2 Å². The Labute approximate surface area is 236 Å². The molecule has 4 unspecified atom stereocenters. The first-order valence-electron chi connectivity index (χ1n) is 12.3. The molecule has 2 aliphatic rings. The lowest BCUT2D eigenvalue weighted by molar-refractivity contribution is -0.149. The average molecular weight is 598 g/mol. The van der Waals surface area contributed by atoms with Gasteiger partial charge in [0.05, 0.1) is 29.6 Å². The molecule has 2 aromatic carbocycles. The van der Waals surface area contributed by atoms with Crippen molar-refractivity contribution in [2.24, 2.45) is 5.73 Å². The van der Waals surface area contributed by atoms with Gasteiger partial charge in [-0.3, -0.25) is 14.3 Å². The topological polar surface area (TPSA) is 123 Å². The second-order valence-electron chi connectivity index (χ2n) is 9.76. The van der Waals surface area contributed by atoms with Crippen LogP contribution in [0.25, 0.3) is 0 Å². The third kappa shape index (κ3) is 5.29. The smallest absolute Gasteiger partial charge is 0.268 e. The molecule has 14 heteroatoms. The Bertz CT molecular complexity index is 1470. The second kappa shape index (κ2) is 11.0. The Morgan fingerprint density at radius 1 is 1.25 bits per heavy atom. The van der Waals surface area contributed by atoms with Crippen molar-refractivity contribution in [3.05, 3.63) is 81.3 Å². The summed E-state index contributed by atoms with van der Waals surface area (Å²) in [4.78, 5) is 27.1. The summed E-state index contributed by atoms with van der Waals surface area (Å²) in [6.07, 6.45) is 2.22. The van der Waals surface area contributed by atoms with Crippen molar-refractivity contribution in [2.75, 3.05) is 18.1 Å². The van der Waals surface area contributed by atoms with E-state index < -0.39 is 47.0 Å².